The molecule has 1 N–H and O–H groups in total. The van der Waals surface area contributed by atoms with Gasteiger partial charge in [-0.1, -0.05) is 25.3 Å². The third-order valence-corrected chi connectivity index (χ3v) is 7.00. The lowest BCUT2D eigenvalue weighted by Gasteiger charge is -2.31. The molecule has 0 radical (unpaired) electrons. The van der Waals surface area contributed by atoms with Gasteiger partial charge < -0.3 is 28.6 Å². The van der Waals surface area contributed by atoms with Crippen molar-refractivity contribution in [2.75, 3.05) is 46.4 Å². The Morgan fingerprint density at radius 2 is 1.68 bits per heavy atom. The number of hydrogen-bond acceptors (Lipinski definition) is 8. The Labute approximate surface area is 235 Å². The zero-order chi connectivity index (χ0) is 29.1. The molecule has 0 bridgehead atoms. The molecule has 3 aromatic rings. The minimum atomic E-state index is -0.699. The second-order valence-corrected chi connectivity index (χ2v) is 11.2. The maximum Gasteiger partial charge on any atom is 0.205 e. The maximum absolute atomic E-state index is 13.5. The molecule has 1 aromatic heterocycles. The molecule has 0 spiro atoms. The van der Waals surface area contributed by atoms with Crippen LogP contribution in [0.1, 0.15) is 27.7 Å². The van der Waals surface area contributed by atoms with Crippen LogP contribution in [0.4, 0.5) is 0 Å². The molecule has 1 aliphatic rings. The molecule has 0 unspecified atom stereocenters. The predicted molar refractivity (Wildman–Crippen MR) is 160 cm³/mol. The van der Waals surface area contributed by atoms with Crippen molar-refractivity contribution in [1.29, 1.82) is 0 Å². The first-order valence-corrected chi connectivity index (χ1v) is 13.5. The molecule has 1 saturated heterocycles. The van der Waals surface area contributed by atoms with Gasteiger partial charge in [-0.3, -0.25) is 9.69 Å². The monoisotopic (exact) mass is 548 g/mol. The number of phenolic OH excluding ortho intramolecular Hbond substituents is 1. The zero-order valence-electron chi connectivity index (χ0n) is 24.2. The summed E-state index contributed by atoms with van der Waals surface area (Å²) in [5, 5.41) is 11.1. The maximum atomic E-state index is 13.5. The Balaban J connectivity index is 1.73. The summed E-state index contributed by atoms with van der Waals surface area (Å²) >= 11 is 0. The minimum absolute atomic E-state index is 0.0642. The number of benzene rings is 2. The lowest BCUT2D eigenvalue weighted by Crippen LogP contribution is -2.44. The molecule has 40 heavy (non-hydrogen) atoms. The average molecular weight is 549 g/mol. The third kappa shape index (κ3) is 6.69. The van der Waals surface area contributed by atoms with Gasteiger partial charge in [0.2, 0.25) is 11.2 Å². The van der Waals surface area contributed by atoms with Crippen LogP contribution >= 0.6 is 0 Å². The van der Waals surface area contributed by atoms with Crippen molar-refractivity contribution in [2.45, 2.75) is 38.9 Å². The molecule has 0 amide bonds. The van der Waals surface area contributed by atoms with Crippen molar-refractivity contribution in [3.63, 3.8) is 0 Å². The smallest absolute Gasteiger partial charge is 0.205 e. The second kappa shape index (κ2) is 11.8. The van der Waals surface area contributed by atoms with E-state index in [-0.39, 0.29) is 39.7 Å². The van der Waals surface area contributed by atoms with E-state index in [9.17, 15) is 9.90 Å². The van der Waals surface area contributed by atoms with Gasteiger partial charge in [-0.15, -0.1) is 0 Å². The van der Waals surface area contributed by atoms with E-state index >= 15 is 0 Å². The summed E-state index contributed by atoms with van der Waals surface area (Å²) in [6.07, 6.45) is 7.38. The largest absolute Gasteiger partial charge is 0.507 e. The molecule has 0 atom stereocenters. The van der Waals surface area contributed by atoms with Gasteiger partial charge in [0.15, 0.2) is 11.3 Å². The number of nitrogens with zero attached hydrogens (tertiary/aromatic N) is 2. The standard InChI is InChI=1S/C32H40N2O6/c1-8-31(3,4)39-22-20-24(35)27-26(21-22)38-29-23(28(27)36)12-13-25(40-32(5,6)9-2)30(29)37-19-11-10-14-34-17-15-33(7)16-18-34/h8-13,20-21,35H,1-2,14-19H2,3-7H3/b11-10+. The highest BCUT2D eigenvalue weighted by molar-refractivity contribution is 5.96. The van der Waals surface area contributed by atoms with E-state index in [1.165, 1.54) is 6.07 Å². The molecule has 0 saturated carbocycles. The van der Waals surface area contributed by atoms with Gasteiger partial charge in [0, 0.05) is 44.9 Å². The lowest BCUT2D eigenvalue weighted by molar-refractivity contribution is 0.154. The van der Waals surface area contributed by atoms with E-state index in [1.54, 1.807) is 30.4 Å². The predicted octanol–water partition coefficient (Wildman–Crippen LogP) is 5.52. The summed E-state index contributed by atoms with van der Waals surface area (Å²) in [5.41, 5.74) is -1.38. The van der Waals surface area contributed by atoms with Crippen molar-refractivity contribution in [2.24, 2.45) is 0 Å². The lowest BCUT2D eigenvalue weighted by atomic mass is 10.1. The summed E-state index contributed by atoms with van der Waals surface area (Å²) in [6, 6.07) is 6.29. The highest BCUT2D eigenvalue weighted by Gasteiger charge is 2.24. The van der Waals surface area contributed by atoms with E-state index in [1.807, 2.05) is 33.8 Å². The van der Waals surface area contributed by atoms with Crippen molar-refractivity contribution >= 4 is 21.9 Å². The van der Waals surface area contributed by atoms with Crippen LogP contribution in [0, 0.1) is 0 Å². The van der Waals surface area contributed by atoms with Crippen LogP contribution in [0.25, 0.3) is 21.9 Å². The Hall–Kier alpha value is -3.75. The number of fused-ring (bicyclic) bond motifs is 2. The Morgan fingerprint density at radius 1 is 1.00 bits per heavy atom. The van der Waals surface area contributed by atoms with Gasteiger partial charge in [-0.2, -0.15) is 0 Å². The van der Waals surface area contributed by atoms with Gasteiger partial charge in [-0.25, -0.2) is 0 Å². The van der Waals surface area contributed by atoms with Crippen molar-refractivity contribution < 1.29 is 23.7 Å². The fourth-order valence-electron chi connectivity index (χ4n) is 4.35. The van der Waals surface area contributed by atoms with Crippen LogP contribution in [-0.2, 0) is 0 Å². The summed E-state index contributed by atoms with van der Waals surface area (Å²) in [6.45, 7) is 20.3. The van der Waals surface area contributed by atoms with Gasteiger partial charge >= 0.3 is 0 Å². The highest BCUT2D eigenvalue weighted by atomic mass is 16.5. The van der Waals surface area contributed by atoms with Crippen LogP contribution in [0.5, 0.6) is 23.0 Å². The fraction of sp³-hybridized carbons (Fsp3) is 0.406. The van der Waals surface area contributed by atoms with E-state index in [0.717, 1.165) is 32.7 Å². The number of likely N-dealkylation sites (N-methyl/N-ethyl adjacent to an activating group) is 1. The van der Waals surface area contributed by atoms with Crippen molar-refractivity contribution in [1.82, 2.24) is 9.80 Å². The molecule has 4 rings (SSSR count). The topological polar surface area (TPSA) is 84.6 Å². The zero-order valence-corrected chi connectivity index (χ0v) is 24.2. The van der Waals surface area contributed by atoms with Gasteiger partial charge in [0.05, 0.1) is 5.39 Å². The molecule has 2 aromatic carbocycles. The Morgan fingerprint density at radius 3 is 2.35 bits per heavy atom. The summed E-state index contributed by atoms with van der Waals surface area (Å²) < 4.78 is 24.6. The third-order valence-electron chi connectivity index (χ3n) is 7.00. The quantitative estimate of drug-likeness (QED) is 0.248. The van der Waals surface area contributed by atoms with Crippen LogP contribution in [0.3, 0.4) is 0 Å². The minimum Gasteiger partial charge on any atom is -0.507 e. The van der Waals surface area contributed by atoms with Gasteiger partial charge in [0.1, 0.15) is 40.3 Å². The van der Waals surface area contributed by atoms with Crippen molar-refractivity contribution in [3.8, 4) is 23.0 Å². The molecular weight excluding hydrogens is 508 g/mol. The number of aromatic hydroxyl groups is 1. The van der Waals surface area contributed by atoms with Crippen molar-refractivity contribution in [3.05, 3.63) is 72.0 Å². The molecular formula is C32H40N2O6. The highest BCUT2D eigenvalue weighted by Crippen LogP contribution is 2.40. The van der Waals surface area contributed by atoms with Crippen LogP contribution in [0.2, 0.25) is 0 Å². The molecule has 1 aliphatic heterocycles. The molecule has 8 heteroatoms. The van der Waals surface area contributed by atoms with Crippen LogP contribution in [0.15, 0.2) is 70.9 Å². The van der Waals surface area contributed by atoms with E-state index in [0.29, 0.717) is 17.2 Å². The Bertz CT molecular complexity index is 1480. The Kier molecular flexibility index (Phi) is 8.61. The number of hydrogen-bond donors (Lipinski definition) is 1. The second-order valence-electron chi connectivity index (χ2n) is 11.2. The fourth-order valence-corrected chi connectivity index (χ4v) is 4.35. The SMILES string of the molecule is C=CC(C)(C)Oc1cc(O)c2c(=O)c3ccc(OC(C)(C)C=C)c(OC/C=C/CN4CCN(C)CC4)c3oc2c1. The average Bonchev–Trinajstić information content (AvgIpc) is 2.90. The summed E-state index contributed by atoms with van der Waals surface area (Å²) in [7, 11) is 2.14. The van der Waals surface area contributed by atoms with Crippen LogP contribution in [-0.4, -0.2) is 72.5 Å². The summed E-state index contributed by atoms with van der Waals surface area (Å²) in [4.78, 5) is 18.2. The van der Waals surface area contributed by atoms with E-state index in [2.05, 4.69) is 36.1 Å². The number of piperazine rings is 1. The first kappa shape index (κ1) is 29.2. The molecule has 2 heterocycles. The van der Waals surface area contributed by atoms with Gasteiger partial charge in [0.25, 0.3) is 0 Å². The van der Waals surface area contributed by atoms with E-state index in [4.69, 9.17) is 18.6 Å². The normalized spacial score (nSPS) is 15.5. The number of phenols is 1. The molecule has 214 valence electrons. The molecule has 1 fully saturated rings. The van der Waals surface area contributed by atoms with E-state index < -0.39 is 11.2 Å². The first-order chi connectivity index (χ1) is 18.9. The number of ether oxygens (including phenoxy) is 3. The number of rotatable bonds is 11. The molecule has 8 nitrogen and oxygen atoms in total. The molecule has 0 aliphatic carbocycles. The first-order valence-electron chi connectivity index (χ1n) is 13.5. The van der Waals surface area contributed by atoms with Crippen LogP contribution < -0.4 is 19.6 Å². The van der Waals surface area contributed by atoms with Gasteiger partial charge in [-0.05, 0) is 59.0 Å². The summed E-state index contributed by atoms with van der Waals surface area (Å²) in [5.74, 6) is 0.821.